The molecule has 2 aromatic rings. The summed E-state index contributed by atoms with van der Waals surface area (Å²) < 4.78 is 10.5. The van der Waals surface area contributed by atoms with Crippen molar-refractivity contribution in [2.24, 2.45) is 0 Å². The Labute approximate surface area is 158 Å². The molecule has 0 saturated carbocycles. The standard InChI is InChI=1S/C20H25N3O4/c1-5-26-18(24)15-12-14-6-9-21-16(17(14)22-15)13-7-10-23(11-8-13)19(25)27-20(2,3)4/h6-7,9,12,22H,5,8,10-11H2,1-4H3. The molecule has 1 aliphatic rings. The quantitative estimate of drug-likeness (QED) is 0.831. The Morgan fingerprint density at radius 3 is 2.74 bits per heavy atom. The molecule has 27 heavy (non-hydrogen) atoms. The molecule has 0 unspecified atom stereocenters. The zero-order valence-corrected chi connectivity index (χ0v) is 16.2. The maximum atomic E-state index is 12.2. The number of carbonyl (C=O) groups is 2. The molecule has 144 valence electrons. The minimum atomic E-state index is -0.512. The highest BCUT2D eigenvalue weighted by Gasteiger charge is 2.25. The molecule has 7 heteroatoms. The first-order chi connectivity index (χ1) is 12.8. The maximum absolute atomic E-state index is 12.2. The number of aromatic amines is 1. The first kappa shape index (κ1) is 18.9. The van der Waals surface area contributed by atoms with Crippen LogP contribution in [0.25, 0.3) is 16.5 Å². The first-order valence-electron chi connectivity index (χ1n) is 9.10. The number of nitrogens with one attached hydrogen (secondary N) is 1. The first-order valence-corrected chi connectivity index (χ1v) is 9.10. The predicted molar refractivity (Wildman–Crippen MR) is 102 cm³/mol. The van der Waals surface area contributed by atoms with E-state index >= 15 is 0 Å². The van der Waals surface area contributed by atoms with E-state index in [1.54, 1.807) is 24.1 Å². The van der Waals surface area contributed by atoms with Crippen molar-refractivity contribution < 1.29 is 19.1 Å². The van der Waals surface area contributed by atoms with Gasteiger partial charge >= 0.3 is 12.1 Å². The molecular formula is C20H25N3O4. The van der Waals surface area contributed by atoms with Gasteiger partial charge in [0.15, 0.2) is 0 Å². The van der Waals surface area contributed by atoms with Crippen molar-refractivity contribution in [3.8, 4) is 0 Å². The van der Waals surface area contributed by atoms with Crippen LogP contribution in [0.1, 0.15) is 50.3 Å². The van der Waals surface area contributed by atoms with Crippen LogP contribution in [0.3, 0.4) is 0 Å². The molecule has 1 N–H and O–H groups in total. The lowest BCUT2D eigenvalue weighted by Crippen LogP contribution is -2.39. The Kier molecular flexibility index (Phi) is 5.21. The smallest absolute Gasteiger partial charge is 0.410 e. The molecule has 3 heterocycles. The summed E-state index contributed by atoms with van der Waals surface area (Å²) in [6, 6.07) is 3.63. The summed E-state index contributed by atoms with van der Waals surface area (Å²) in [6.07, 6.45) is 4.06. The van der Waals surface area contributed by atoms with Gasteiger partial charge in [-0.1, -0.05) is 6.08 Å². The van der Waals surface area contributed by atoms with E-state index in [9.17, 15) is 9.59 Å². The Balaban J connectivity index is 1.82. The van der Waals surface area contributed by atoms with Crippen molar-refractivity contribution in [2.45, 2.75) is 39.7 Å². The highest BCUT2D eigenvalue weighted by Crippen LogP contribution is 2.28. The number of ether oxygens (including phenoxy) is 2. The molecule has 0 bridgehead atoms. The Hall–Kier alpha value is -2.83. The minimum Gasteiger partial charge on any atom is -0.461 e. The van der Waals surface area contributed by atoms with Crippen LogP contribution >= 0.6 is 0 Å². The fourth-order valence-electron chi connectivity index (χ4n) is 2.99. The molecule has 1 aliphatic heterocycles. The average Bonchev–Trinajstić information content (AvgIpc) is 3.05. The molecule has 0 saturated heterocycles. The van der Waals surface area contributed by atoms with Crippen LogP contribution in [-0.2, 0) is 9.47 Å². The summed E-state index contributed by atoms with van der Waals surface area (Å²) in [5, 5.41) is 0.901. The van der Waals surface area contributed by atoms with Gasteiger partial charge in [0.2, 0.25) is 0 Å². The van der Waals surface area contributed by atoms with Gasteiger partial charge in [-0.3, -0.25) is 4.98 Å². The van der Waals surface area contributed by atoms with Gasteiger partial charge in [0, 0.05) is 24.7 Å². The second-order valence-corrected chi connectivity index (χ2v) is 7.43. The van der Waals surface area contributed by atoms with Gasteiger partial charge in [-0.05, 0) is 51.8 Å². The normalized spacial score (nSPS) is 14.8. The van der Waals surface area contributed by atoms with Crippen LogP contribution in [0.15, 0.2) is 24.4 Å². The molecule has 0 fully saturated rings. The second kappa shape index (κ2) is 7.42. The van der Waals surface area contributed by atoms with E-state index in [-0.39, 0.29) is 12.1 Å². The highest BCUT2D eigenvalue weighted by atomic mass is 16.6. The molecule has 0 atom stereocenters. The molecule has 1 amide bonds. The zero-order valence-electron chi connectivity index (χ0n) is 16.2. The van der Waals surface area contributed by atoms with E-state index in [0.29, 0.717) is 31.8 Å². The Morgan fingerprint density at radius 1 is 1.33 bits per heavy atom. The van der Waals surface area contributed by atoms with Crippen LogP contribution in [0.2, 0.25) is 0 Å². The third-order valence-corrected chi connectivity index (χ3v) is 4.20. The third-order valence-electron chi connectivity index (χ3n) is 4.20. The van der Waals surface area contributed by atoms with Crippen molar-refractivity contribution in [1.29, 1.82) is 0 Å². The van der Waals surface area contributed by atoms with Crippen LogP contribution < -0.4 is 0 Å². The molecular weight excluding hydrogens is 346 g/mol. The van der Waals surface area contributed by atoms with Crippen LogP contribution in [0, 0.1) is 0 Å². The lowest BCUT2D eigenvalue weighted by atomic mass is 10.0. The summed E-state index contributed by atoms with van der Waals surface area (Å²) >= 11 is 0. The fraction of sp³-hybridized carbons (Fsp3) is 0.450. The molecule has 0 aromatic carbocycles. The zero-order chi connectivity index (χ0) is 19.6. The Morgan fingerprint density at radius 2 is 2.11 bits per heavy atom. The predicted octanol–water partition coefficient (Wildman–Crippen LogP) is 3.76. The van der Waals surface area contributed by atoms with Crippen molar-refractivity contribution in [3.63, 3.8) is 0 Å². The van der Waals surface area contributed by atoms with Crippen LogP contribution in [0.5, 0.6) is 0 Å². The van der Waals surface area contributed by atoms with Crippen molar-refractivity contribution in [1.82, 2.24) is 14.9 Å². The number of nitrogens with zero attached hydrogens (tertiary/aromatic N) is 2. The summed E-state index contributed by atoms with van der Waals surface area (Å²) in [5.41, 5.74) is 2.54. The number of rotatable bonds is 3. The number of H-pyrrole nitrogens is 1. The number of fused-ring (bicyclic) bond motifs is 1. The fourth-order valence-corrected chi connectivity index (χ4v) is 2.99. The number of hydrogen-bond acceptors (Lipinski definition) is 5. The number of carbonyl (C=O) groups excluding carboxylic acids is 2. The van der Waals surface area contributed by atoms with E-state index in [1.165, 1.54) is 0 Å². The Bertz CT molecular complexity index is 892. The number of esters is 1. The van der Waals surface area contributed by atoms with Gasteiger partial charge in [-0.25, -0.2) is 9.59 Å². The van der Waals surface area contributed by atoms with Gasteiger partial charge in [0.25, 0.3) is 0 Å². The van der Waals surface area contributed by atoms with E-state index in [0.717, 1.165) is 22.2 Å². The maximum Gasteiger partial charge on any atom is 0.410 e. The second-order valence-electron chi connectivity index (χ2n) is 7.43. The van der Waals surface area contributed by atoms with Crippen molar-refractivity contribution >= 4 is 28.5 Å². The van der Waals surface area contributed by atoms with E-state index < -0.39 is 5.60 Å². The van der Waals surface area contributed by atoms with Crippen LogP contribution in [0.4, 0.5) is 4.79 Å². The average molecular weight is 371 g/mol. The molecule has 2 aromatic heterocycles. The lowest BCUT2D eigenvalue weighted by Gasteiger charge is -2.29. The van der Waals surface area contributed by atoms with Gasteiger partial charge in [0.1, 0.15) is 11.3 Å². The summed E-state index contributed by atoms with van der Waals surface area (Å²) in [5.74, 6) is -0.381. The number of hydrogen-bond donors (Lipinski definition) is 1. The van der Waals surface area contributed by atoms with Gasteiger partial charge in [0.05, 0.1) is 17.8 Å². The lowest BCUT2D eigenvalue weighted by molar-refractivity contribution is 0.0270. The molecule has 0 spiro atoms. The molecule has 0 aliphatic carbocycles. The van der Waals surface area contributed by atoms with E-state index in [1.807, 2.05) is 32.9 Å². The van der Waals surface area contributed by atoms with E-state index in [4.69, 9.17) is 9.47 Å². The van der Waals surface area contributed by atoms with Crippen molar-refractivity contribution in [2.75, 3.05) is 19.7 Å². The van der Waals surface area contributed by atoms with E-state index in [2.05, 4.69) is 9.97 Å². The van der Waals surface area contributed by atoms with Crippen LogP contribution in [-0.4, -0.2) is 52.2 Å². The van der Waals surface area contributed by atoms with Gasteiger partial charge in [-0.2, -0.15) is 0 Å². The SMILES string of the molecule is CCOC(=O)c1cc2ccnc(C3=CCN(C(=O)OC(C)(C)C)CC3)c2[nH]1. The third kappa shape index (κ3) is 4.30. The molecule has 7 nitrogen and oxygen atoms in total. The monoisotopic (exact) mass is 371 g/mol. The number of pyridine rings is 1. The summed E-state index contributed by atoms with van der Waals surface area (Å²) in [7, 11) is 0. The number of amides is 1. The topological polar surface area (TPSA) is 84.5 Å². The molecule has 3 rings (SSSR count). The van der Waals surface area contributed by atoms with Crippen molar-refractivity contribution in [3.05, 3.63) is 35.8 Å². The minimum absolute atomic E-state index is 0.312. The molecule has 0 radical (unpaired) electrons. The summed E-state index contributed by atoms with van der Waals surface area (Å²) in [6.45, 7) is 8.69. The number of aromatic nitrogens is 2. The highest BCUT2D eigenvalue weighted by molar-refractivity contribution is 5.98. The van der Waals surface area contributed by atoms with Gasteiger partial charge in [-0.15, -0.1) is 0 Å². The van der Waals surface area contributed by atoms with Gasteiger partial charge < -0.3 is 19.4 Å². The summed E-state index contributed by atoms with van der Waals surface area (Å²) in [4.78, 5) is 33.5. The largest absolute Gasteiger partial charge is 0.461 e.